The first-order chi connectivity index (χ1) is 11.2. The summed E-state index contributed by atoms with van der Waals surface area (Å²) in [6.45, 7) is 2.76. The molecular weight excluding hydrogens is 290 g/mol. The molecule has 1 saturated carbocycles. The van der Waals surface area contributed by atoms with Gasteiger partial charge >= 0.3 is 0 Å². The molecule has 23 heavy (non-hydrogen) atoms. The van der Waals surface area contributed by atoms with Crippen LogP contribution in [0.25, 0.3) is 11.4 Å². The molecule has 1 aromatic carbocycles. The maximum Gasteiger partial charge on any atom is 0.254 e. The highest BCUT2D eigenvalue weighted by molar-refractivity contribution is 5.94. The number of H-pyrrole nitrogens is 1. The quantitative estimate of drug-likeness (QED) is 0.906. The van der Waals surface area contributed by atoms with E-state index in [9.17, 15) is 4.79 Å². The first-order valence-corrected chi connectivity index (χ1v) is 8.21. The molecule has 1 amide bonds. The molecule has 1 aromatic heterocycles. The van der Waals surface area contributed by atoms with Gasteiger partial charge in [0.2, 0.25) is 0 Å². The number of aromatic nitrogens is 3. The third kappa shape index (κ3) is 3.42. The maximum absolute atomic E-state index is 12.8. The number of nitrogens with zero attached hydrogens (tertiary/aromatic N) is 3. The molecule has 0 aliphatic heterocycles. The van der Waals surface area contributed by atoms with Crippen LogP contribution in [0.4, 0.5) is 0 Å². The molecule has 1 aliphatic carbocycles. The third-order valence-electron chi connectivity index (χ3n) is 4.60. The zero-order valence-corrected chi connectivity index (χ0v) is 13.4. The zero-order chi connectivity index (χ0) is 16.2. The minimum Gasteiger partial charge on any atom is -0.336 e. The maximum atomic E-state index is 12.8. The van der Waals surface area contributed by atoms with E-state index in [1.807, 2.05) is 36.1 Å². The third-order valence-corrected chi connectivity index (χ3v) is 4.60. The van der Waals surface area contributed by atoms with E-state index in [0.29, 0.717) is 23.5 Å². The molecule has 1 aliphatic rings. The van der Waals surface area contributed by atoms with Crippen LogP contribution in [0.1, 0.15) is 43.0 Å². The van der Waals surface area contributed by atoms with Crippen molar-refractivity contribution < 1.29 is 4.79 Å². The fraction of sp³-hybridized carbons (Fsp3) is 0.471. The standard InChI is InChI=1S/C17H23N5O/c1-2-22(15-9-7-14(18)8-10-15)17(23)13-5-3-12(4-6-13)16-19-11-20-21-16/h3-6,11,14-15H,2,7-10,18H2,1H3,(H,19,20,21). The van der Waals surface area contributed by atoms with Gasteiger partial charge in [-0.15, -0.1) is 0 Å². The summed E-state index contributed by atoms with van der Waals surface area (Å²) in [4.78, 5) is 18.9. The van der Waals surface area contributed by atoms with E-state index in [-0.39, 0.29) is 5.91 Å². The number of amides is 1. The number of nitrogens with one attached hydrogen (secondary N) is 1. The molecule has 1 heterocycles. The highest BCUT2D eigenvalue weighted by Crippen LogP contribution is 2.24. The van der Waals surface area contributed by atoms with E-state index in [2.05, 4.69) is 15.2 Å². The molecule has 2 aromatic rings. The average molecular weight is 313 g/mol. The number of rotatable bonds is 4. The summed E-state index contributed by atoms with van der Waals surface area (Å²) in [7, 11) is 0. The van der Waals surface area contributed by atoms with Gasteiger partial charge in [0.25, 0.3) is 5.91 Å². The topological polar surface area (TPSA) is 87.9 Å². The van der Waals surface area contributed by atoms with Gasteiger partial charge in [-0.25, -0.2) is 4.98 Å². The van der Waals surface area contributed by atoms with Gasteiger partial charge in [-0.05, 0) is 44.7 Å². The van der Waals surface area contributed by atoms with Gasteiger partial charge in [0, 0.05) is 29.8 Å². The second kappa shape index (κ2) is 6.91. The van der Waals surface area contributed by atoms with Gasteiger partial charge in [-0.3, -0.25) is 9.89 Å². The second-order valence-corrected chi connectivity index (χ2v) is 6.07. The summed E-state index contributed by atoms with van der Waals surface area (Å²) in [5.41, 5.74) is 7.61. The Bertz CT molecular complexity index is 630. The lowest BCUT2D eigenvalue weighted by molar-refractivity contribution is 0.0640. The van der Waals surface area contributed by atoms with Crippen molar-refractivity contribution in [3.63, 3.8) is 0 Å². The number of benzene rings is 1. The number of carbonyl (C=O) groups is 1. The fourth-order valence-corrected chi connectivity index (χ4v) is 3.26. The number of aromatic amines is 1. The molecule has 0 atom stereocenters. The van der Waals surface area contributed by atoms with Gasteiger partial charge in [-0.2, -0.15) is 5.10 Å². The molecule has 6 nitrogen and oxygen atoms in total. The largest absolute Gasteiger partial charge is 0.336 e. The van der Waals surface area contributed by atoms with Crippen LogP contribution >= 0.6 is 0 Å². The molecule has 0 radical (unpaired) electrons. The van der Waals surface area contributed by atoms with Gasteiger partial charge in [-0.1, -0.05) is 12.1 Å². The molecule has 122 valence electrons. The molecule has 0 unspecified atom stereocenters. The van der Waals surface area contributed by atoms with Crippen molar-refractivity contribution in [2.75, 3.05) is 6.54 Å². The van der Waals surface area contributed by atoms with E-state index in [0.717, 1.165) is 37.8 Å². The van der Waals surface area contributed by atoms with E-state index >= 15 is 0 Å². The van der Waals surface area contributed by atoms with Crippen molar-refractivity contribution in [3.05, 3.63) is 36.2 Å². The first kappa shape index (κ1) is 15.7. The van der Waals surface area contributed by atoms with Gasteiger partial charge in [0.15, 0.2) is 5.82 Å². The van der Waals surface area contributed by atoms with Crippen LogP contribution in [-0.4, -0.2) is 44.6 Å². The Hall–Kier alpha value is -2.21. The molecule has 1 fully saturated rings. The predicted octanol–water partition coefficient (Wildman–Crippen LogP) is 2.20. The number of carbonyl (C=O) groups excluding carboxylic acids is 1. The Morgan fingerprint density at radius 3 is 2.52 bits per heavy atom. The molecule has 0 spiro atoms. The summed E-state index contributed by atoms with van der Waals surface area (Å²) < 4.78 is 0. The summed E-state index contributed by atoms with van der Waals surface area (Å²) in [6.07, 6.45) is 5.46. The fourth-order valence-electron chi connectivity index (χ4n) is 3.26. The van der Waals surface area contributed by atoms with E-state index < -0.39 is 0 Å². The van der Waals surface area contributed by atoms with Crippen LogP contribution in [0, 0.1) is 0 Å². The second-order valence-electron chi connectivity index (χ2n) is 6.07. The Labute approximate surface area is 136 Å². The SMILES string of the molecule is CCN(C(=O)c1ccc(-c2ncn[nH]2)cc1)C1CCC(N)CC1. The van der Waals surface area contributed by atoms with Crippen molar-refractivity contribution in [3.8, 4) is 11.4 Å². The van der Waals surface area contributed by atoms with Crippen molar-refractivity contribution >= 4 is 5.91 Å². The summed E-state index contributed by atoms with van der Waals surface area (Å²) in [5, 5.41) is 6.67. The Morgan fingerprint density at radius 1 is 1.26 bits per heavy atom. The number of hydrogen-bond acceptors (Lipinski definition) is 4. The summed E-state index contributed by atoms with van der Waals surface area (Å²) in [5.74, 6) is 0.801. The smallest absolute Gasteiger partial charge is 0.254 e. The van der Waals surface area contributed by atoms with Crippen molar-refractivity contribution in [2.45, 2.75) is 44.7 Å². The van der Waals surface area contributed by atoms with Crippen molar-refractivity contribution in [1.82, 2.24) is 20.1 Å². The molecule has 3 rings (SSSR count). The van der Waals surface area contributed by atoms with Gasteiger partial charge < -0.3 is 10.6 Å². The monoisotopic (exact) mass is 313 g/mol. The van der Waals surface area contributed by atoms with Crippen LogP contribution in [0.2, 0.25) is 0 Å². The summed E-state index contributed by atoms with van der Waals surface area (Å²) >= 11 is 0. The van der Waals surface area contributed by atoms with Gasteiger partial charge in [0.1, 0.15) is 6.33 Å². The highest BCUT2D eigenvalue weighted by Gasteiger charge is 2.27. The van der Waals surface area contributed by atoms with Gasteiger partial charge in [0.05, 0.1) is 0 Å². The minimum absolute atomic E-state index is 0.0945. The molecular formula is C17H23N5O. The van der Waals surface area contributed by atoms with Crippen LogP contribution in [0.15, 0.2) is 30.6 Å². The molecule has 0 saturated heterocycles. The average Bonchev–Trinajstić information content (AvgIpc) is 3.12. The Balaban J connectivity index is 1.73. The van der Waals surface area contributed by atoms with Crippen molar-refractivity contribution in [1.29, 1.82) is 0 Å². The predicted molar refractivity (Wildman–Crippen MR) is 88.8 cm³/mol. The normalized spacial score (nSPS) is 21.1. The van der Waals surface area contributed by atoms with E-state index in [4.69, 9.17) is 5.73 Å². The number of hydrogen-bond donors (Lipinski definition) is 2. The highest BCUT2D eigenvalue weighted by atomic mass is 16.2. The lowest BCUT2D eigenvalue weighted by atomic mass is 9.90. The van der Waals surface area contributed by atoms with Crippen LogP contribution in [-0.2, 0) is 0 Å². The van der Waals surface area contributed by atoms with Crippen molar-refractivity contribution in [2.24, 2.45) is 5.73 Å². The van der Waals surface area contributed by atoms with Crippen LogP contribution in [0.5, 0.6) is 0 Å². The lowest BCUT2D eigenvalue weighted by Gasteiger charge is -2.35. The van der Waals surface area contributed by atoms with Crippen LogP contribution in [0.3, 0.4) is 0 Å². The number of nitrogens with two attached hydrogens (primary N) is 1. The Kier molecular flexibility index (Phi) is 4.71. The first-order valence-electron chi connectivity index (χ1n) is 8.21. The summed E-state index contributed by atoms with van der Waals surface area (Å²) in [6, 6.07) is 8.12. The lowest BCUT2D eigenvalue weighted by Crippen LogP contribution is -2.44. The van der Waals surface area contributed by atoms with Crippen LogP contribution < -0.4 is 5.73 Å². The minimum atomic E-state index is 0.0945. The van der Waals surface area contributed by atoms with E-state index in [1.54, 1.807) is 0 Å². The molecule has 6 heteroatoms. The van der Waals surface area contributed by atoms with E-state index in [1.165, 1.54) is 6.33 Å². The zero-order valence-electron chi connectivity index (χ0n) is 13.4. The molecule has 3 N–H and O–H groups in total. The Morgan fingerprint density at radius 2 is 1.96 bits per heavy atom. The molecule has 0 bridgehead atoms.